The van der Waals surface area contributed by atoms with E-state index in [2.05, 4.69) is 5.32 Å². The Morgan fingerprint density at radius 3 is 2.33 bits per heavy atom. The fourth-order valence-corrected chi connectivity index (χ4v) is 2.55. The number of carbonyl (C=O) groups excluding carboxylic acids is 2. The molecule has 0 saturated carbocycles. The lowest BCUT2D eigenvalue weighted by atomic mass is 10.0. The molecule has 27 heavy (non-hydrogen) atoms. The van der Waals surface area contributed by atoms with Crippen molar-refractivity contribution in [3.05, 3.63) is 66.0 Å². The number of aromatic hydroxyl groups is 2. The number of rotatable bonds is 4. The van der Waals surface area contributed by atoms with Gasteiger partial charge in [-0.25, -0.2) is 9.18 Å². The SMILES string of the molecule is C[C@H](OC(=O)c1cc(O)c2ccccc2c1O)C(=O)Nc1ccc(F)cc1. The Labute approximate surface area is 153 Å². The third-order valence-corrected chi connectivity index (χ3v) is 3.98. The van der Waals surface area contributed by atoms with E-state index in [1.807, 2.05) is 0 Å². The molecule has 3 rings (SSSR count). The van der Waals surface area contributed by atoms with Gasteiger partial charge >= 0.3 is 5.97 Å². The van der Waals surface area contributed by atoms with Crippen molar-refractivity contribution >= 4 is 28.3 Å². The van der Waals surface area contributed by atoms with E-state index < -0.39 is 23.8 Å². The van der Waals surface area contributed by atoms with Crippen molar-refractivity contribution in [2.24, 2.45) is 0 Å². The molecule has 3 N–H and O–H groups in total. The smallest absolute Gasteiger partial charge is 0.342 e. The maximum atomic E-state index is 12.9. The number of anilines is 1. The summed E-state index contributed by atoms with van der Waals surface area (Å²) in [6, 6.07) is 12.7. The van der Waals surface area contributed by atoms with Crippen LogP contribution in [0.25, 0.3) is 10.8 Å². The minimum atomic E-state index is -1.18. The highest BCUT2D eigenvalue weighted by Gasteiger charge is 2.23. The van der Waals surface area contributed by atoms with Crippen LogP contribution in [0.4, 0.5) is 10.1 Å². The number of benzene rings is 3. The molecule has 0 radical (unpaired) electrons. The average molecular weight is 369 g/mol. The van der Waals surface area contributed by atoms with Crippen LogP contribution in [0.15, 0.2) is 54.6 Å². The zero-order valence-corrected chi connectivity index (χ0v) is 14.3. The molecule has 0 bridgehead atoms. The first kappa shape index (κ1) is 18.2. The number of phenols is 2. The van der Waals surface area contributed by atoms with Crippen molar-refractivity contribution in [3.63, 3.8) is 0 Å². The van der Waals surface area contributed by atoms with Crippen molar-refractivity contribution in [2.45, 2.75) is 13.0 Å². The van der Waals surface area contributed by atoms with Crippen LogP contribution < -0.4 is 5.32 Å². The minimum Gasteiger partial charge on any atom is -0.507 e. The zero-order valence-electron chi connectivity index (χ0n) is 14.3. The predicted molar refractivity (Wildman–Crippen MR) is 97.2 cm³/mol. The molecule has 7 heteroatoms. The van der Waals surface area contributed by atoms with E-state index >= 15 is 0 Å². The number of hydrogen-bond donors (Lipinski definition) is 3. The second-order valence-electron chi connectivity index (χ2n) is 5.88. The van der Waals surface area contributed by atoms with Crippen molar-refractivity contribution in [3.8, 4) is 11.5 Å². The number of esters is 1. The molecule has 0 aliphatic carbocycles. The molecule has 0 aliphatic rings. The molecule has 0 heterocycles. The van der Waals surface area contributed by atoms with Crippen LogP contribution in [0.5, 0.6) is 11.5 Å². The molecular formula is C20H16FNO5. The third kappa shape index (κ3) is 3.82. The third-order valence-electron chi connectivity index (χ3n) is 3.98. The van der Waals surface area contributed by atoms with Gasteiger partial charge in [0.25, 0.3) is 5.91 Å². The summed E-state index contributed by atoms with van der Waals surface area (Å²) in [6.45, 7) is 1.36. The molecule has 1 atom stereocenters. The van der Waals surface area contributed by atoms with Gasteiger partial charge in [0.15, 0.2) is 6.10 Å². The van der Waals surface area contributed by atoms with E-state index in [1.165, 1.54) is 31.2 Å². The Morgan fingerprint density at radius 1 is 1.04 bits per heavy atom. The Bertz CT molecular complexity index is 1020. The molecule has 0 saturated heterocycles. The number of hydrogen-bond acceptors (Lipinski definition) is 5. The van der Waals surface area contributed by atoms with Gasteiger partial charge in [0.2, 0.25) is 0 Å². The average Bonchev–Trinajstić information content (AvgIpc) is 2.66. The fourth-order valence-electron chi connectivity index (χ4n) is 2.55. The second-order valence-corrected chi connectivity index (χ2v) is 5.88. The highest BCUT2D eigenvalue weighted by molar-refractivity contribution is 6.04. The highest BCUT2D eigenvalue weighted by Crippen LogP contribution is 2.35. The Hall–Kier alpha value is -3.61. The van der Waals surface area contributed by atoms with Gasteiger partial charge < -0.3 is 20.3 Å². The van der Waals surface area contributed by atoms with E-state index in [9.17, 15) is 24.2 Å². The molecule has 3 aromatic rings. The van der Waals surface area contributed by atoms with E-state index in [0.29, 0.717) is 11.1 Å². The molecule has 1 amide bonds. The van der Waals surface area contributed by atoms with Crippen molar-refractivity contribution in [1.82, 2.24) is 0 Å². The van der Waals surface area contributed by atoms with Gasteiger partial charge in [-0.1, -0.05) is 24.3 Å². The summed E-state index contributed by atoms with van der Waals surface area (Å²) in [5.41, 5.74) is 0.0862. The minimum absolute atomic E-state index is 0.196. The van der Waals surface area contributed by atoms with E-state index in [1.54, 1.807) is 24.3 Å². The summed E-state index contributed by atoms with van der Waals surface area (Å²) in [7, 11) is 0. The van der Waals surface area contributed by atoms with E-state index in [0.717, 1.165) is 6.07 Å². The lowest BCUT2D eigenvalue weighted by Crippen LogP contribution is -2.30. The second kappa shape index (κ2) is 7.33. The summed E-state index contributed by atoms with van der Waals surface area (Å²) in [6.07, 6.45) is -1.18. The number of phenolic OH excluding ortho intramolecular Hbond substituents is 2. The number of ether oxygens (including phenoxy) is 1. The molecule has 0 aliphatic heterocycles. The van der Waals surface area contributed by atoms with E-state index in [4.69, 9.17) is 4.74 Å². The molecular weight excluding hydrogens is 353 g/mol. The molecule has 0 unspecified atom stereocenters. The maximum Gasteiger partial charge on any atom is 0.342 e. The number of halogens is 1. The quantitative estimate of drug-likeness (QED) is 0.483. The van der Waals surface area contributed by atoms with Gasteiger partial charge in [-0.3, -0.25) is 4.79 Å². The molecule has 3 aromatic carbocycles. The summed E-state index contributed by atoms with van der Waals surface area (Å²) in [5.74, 6) is -2.58. The van der Waals surface area contributed by atoms with Gasteiger partial charge in [-0.2, -0.15) is 0 Å². The number of amides is 1. The molecule has 6 nitrogen and oxygen atoms in total. The Balaban J connectivity index is 1.76. The summed E-state index contributed by atoms with van der Waals surface area (Å²) >= 11 is 0. The maximum absolute atomic E-state index is 12.9. The van der Waals surface area contributed by atoms with Gasteiger partial charge in [0.1, 0.15) is 22.9 Å². The Kier molecular flexibility index (Phi) is 4.94. The van der Waals surface area contributed by atoms with Crippen LogP contribution in [-0.2, 0) is 9.53 Å². The van der Waals surface area contributed by atoms with Crippen molar-refractivity contribution in [1.29, 1.82) is 0 Å². The lowest BCUT2D eigenvalue weighted by molar-refractivity contribution is -0.123. The highest BCUT2D eigenvalue weighted by atomic mass is 19.1. The first-order chi connectivity index (χ1) is 12.9. The number of nitrogens with one attached hydrogen (secondary N) is 1. The first-order valence-electron chi connectivity index (χ1n) is 8.08. The van der Waals surface area contributed by atoms with Crippen LogP contribution in [0.3, 0.4) is 0 Å². The summed E-state index contributed by atoms with van der Waals surface area (Å²) in [4.78, 5) is 24.5. The van der Waals surface area contributed by atoms with Gasteiger partial charge in [-0.15, -0.1) is 0 Å². The molecule has 0 spiro atoms. The molecule has 0 fully saturated rings. The summed E-state index contributed by atoms with van der Waals surface area (Å²) < 4.78 is 18.0. The molecule has 0 aromatic heterocycles. The van der Waals surface area contributed by atoms with Crippen LogP contribution >= 0.6 is 0 Å². The largest absolute Gasteiger partial charge is 0.507 e. The van der Waals surface area contributed by atoms with Gasteiger partial charge in [-0.05, 0) is 37.3 Å². The topological polar surface area (TPSA) is 95.9 Å². The van der Waals surface area contributed by atoms with Crippen LogP contribution in [-0.4, -0.2) is 28.2 Å². The van der Waals surface area contributed by atoms with Crippen LogP contribution in [0.1, 0.15) is 17.3 Å². The van der Waals surface area contributed by atoms with Crippen LogP contribution in [0.2, 0.25) is 0 Å². The monoisotopic (exact) mass is 369 g/mol. The predicted octanol–water partition coefficient (Wildman–Crippen LogP) is 3.57. The normalized spacial score (nSPS) is 11.8. The molecule has 138 valence electrons. The van der Waals surface area contributed by atoms with Crippen LogP contribution in [0, 0.1) is 5.82 Å². The van der Waals surface area contributed by atoms with Crippen molar-refractivity contribution < 1.29 is 28.9 Å². The summed E-state index contributed by atoms with van der Waals surface area (Å²) in [5, 5.41) is 23.5. The standard InChI is InChI=1S/C20H16FNO5/c1-11(19(25)22-13-8-6-12(21)7-9-13)27-20(26)16-10-17(23)14-4-2-3-5-15(14)18(16)24/h2-11,23-24H,1H3,(H,22,25)/t11-/m0/s1. The van der Waals surface area contributed by atoms with Gasteiger partial charge in [0, 0.05) is 16.5 Å². The zero-order chi connectivity index (χ0) is 19.6. The van der Waals surface area contributed by atoms with Crippen molar-refractivity contribution in [2.75, 3.05) is 5.32 Å². The number of carbonyl (C=O) groups is 2. The van der Waals surface area contributed by atoms with E-state index in [-0.39, 0.29) is 22.4 Å². The first-order valence-corrected chi connectivity index (χ1v) is 8.08. The van der Waals surface area contributed by atoms with Gasteiger partial charge in [0.05, 0.1) is 0 Å². The lowest BCUT2D eigenvalue weighted by Gasteiger charge is -2.15. The fraction of sp³-hybridized carbons (Fsp3) is 0.100. The Morgan fingerprint density at radius 2 is 1.67 bits per heavy atom. The number of fused-ring (bicyclic) bond motifs is 1.